The maximum atomic E-state index is 11.5. The first-order valence-corrected chi connectivity index (χ1v) is 7.63. The fraction of sp³-hybridized carbons (Fsp3) is 1.00. The third-order valence-electron chi connectivity index (χ3n) is 2.10. The van der Waals surface area contributed by atoms with Crippen molar-refractivity contribution < 1.29 is 13.5 Å². The summed E-state index contributed by atoms with van der Waals surface area (Å²) in [5.74, 6) is 2.07. The lowest BCUT2D eigenvalue weighted by molar-refractivity contribution is 0.287. The summed E-state index contributed by atoms with van der Waals surface area (Å²) in [5.41, 5.74) is 0. The Bertz CT molecular complexity index is 247. The number of aliphatic hydroxyl groups is 1. The molecule has 0 bridgehead atoms. The van der Waals surface area contributed by atoms with Crippen LogP contribution in [0.2, 0.25) is 0 Å². The van der Waals surface area contributed by atoms with Crippen molar-refractivity contribution in [3.8, 4) is 0 Å². The summed E-state index contributed by atoms with van der Waals surface area (Å²) in [6.45, 7) is 0.0643. The second-order valence-corrected chi connectivity index (χ2v) is 6.45. The van der Waals surface area contributed by atoms with E-state index in [1.54, 1.807) is 11.8 Å². The van der Waals surface area contributed by atoms with Crippen molar-refractivity contribution in [2.45, 2.75) is 25.3 Å². The zero-order valence-corrected chi connectivity index (χ0v) is 9.74. The van der Waals surface area contributed by atoms with Crippen molar-refractivity contribution >= 4 is 21.8 Å². The summed E-state index contributed by atoms with van der Waals surface area (Å²) in [6.07, 6.45) is 2.02. The smallest absolute Gasteiger partial charge is 0.211 e. The molecule has 1 atom stereocenters. The zero-order valence-electron chi connectivity index (χ0n) is 8.11. The number of hydrogen-bond acceptors (Lipinski definition) is 4. The molecule has 0 aromatic heterocycles. The molecule has 6 heteroatoms. The third-order valence-corrected chi connectivity index (χ3v) is 4.78. The maximum Gasteiger partial charge on any atom is 0.211 e. The van der Waals surface area contributed by atoms with E-state index in [1.165, 1.54) is 0 Å². The predicted octanol–water partition coefficient (Wildman–Crippen LogP) is 0.184. The van der Waals surface area contributed by atoms with Crippen LogP contribution in [0.15, 0.2) is 0 Å². The number of hydrogen-bond donors (Lipinski definition) is 2. The van der Waals surface area contributed by atoms with E-state index < -0.39 is 10.0 Å². The van der Waals surface area contributed by atoms with Crippen LogP contribution >= 0.6 is 11.8 Å². The number of nitrogens with one attached hydrogen (secondary N) is 1. The largest absolute Gasteiger partial charge is 0.396 e. The van der Waals surface area contributed by atoms with E-state index in [0.717, 1.165) is 17.9 Å². The Morgan fingerprint density at radius 2 is 2.21 bits per heavy atom. The second kappa shape index (κ2) is 5.95. The molecule has 0 saturated carbocycles. The normalized spacial score (nSPS) is 22.8. The van der Waals surface area contributed by atoms with Crippen molar-refractivity contribution in [1.82, 2.24) is 4.72 Å². The van der Waals surface area contributed by atoms with Gasteiger partial charge in [-0.1, -0.05) is 0 Å². The third kappa shape index (κ3) is 4.63. The highest BCUT2D eigenvalue weighted by Crippen LogP contribution is 2.17. The Kier molecular flexibility index (Phi) is 5.22. The van der Waals surface area contributed by atoms with E-state index >= 15 is 0 Å². The van der Waals surface area contributed by atoms with Crippen molar-refractivity contribution in [3.05, 3.63) is 0 Å². The minimum Gasteiger partial charge on any atom is -0.396 e. The van der Waals surface area contributed by atoms with Crippen LogP contribution in [0.25, 0.3) is 0 Å². The van der Waals surface area contributed by atoms with E-state index in [2.05, 4.69) is 4.72 Å². The van der Waals surface area contributed by atoms with Gasteiger partial charge in [0.1, 0.15) is 0 Å². The first-order chi connectivity index (χ1) is 6.64. The van der Waals surface area contributed by atoms with Gasteiger partial charge in [0, 0.05) is 18.4 Å². The van der Waals surface area contributed by atoms with E-state index in [0.29, 0.717) is 12.8 Å². The Morgan fingerprint density at radius 3 is 2.79 bits per heavy atom. The first kappa shape index (κ1) is 12.3. The summed E-state index contributed by atoms with van der Waals surface area (Å²) < 4.78 is 25.6. The van der Waals surface area contributed by atoms with Gasteiger partial charge in [0.25, 0.3) is 0 Å². The molecule has 1 unspecified atom stereocenters. The minimum absolute atomic E-state index is 0.0643. The summed E-state index contributed by atoms with van der Waals surface area (Å²) in [5, 5.41) is 8.53. The number of aliphatic hydroxyl groups excluding tert-OH is 1. The highest BCUT2D eigenvalue weighted by atomic mass is 32.2. The van der Waals surface area contributed by atoms with Gasteiger partial charge in [0.2, 0.25) is 10.0 Å². The van der Waals surface area contributed by atoms with Crippen molar-refractivity contribution in [1.29, 1.82) is 0 Å². The van der Waals surface area contributed by atoms with Gasteiger partial charge in [-0.2, -0.15) is 11.8 Å². The molecule has 1 aliphatic rings. The molecule has 14 heavy (non-hydrogen) atoms. The van der Waals surface area contributed by atoms with Gasteiger partial charge in [0.15, 0.2) is 0 Å². The SMILES string of the molecule is O=S(=O)(CCCCO)NC1CCSC1. The average Bonchev–Trinajstić information content (AvgIpc) is 2.56. The molecule has 1 aliphatic heterocycles. The van der Waals surface area contributed by atoms with Crippen LogP contribution in [-0.4, -0.2) is 43.4 Å². The molecule has 0 amide bonds. The van der Waals surface area contributed by atoms with Crippen LogP contribution < -0.4 is 4.72 Å². The quantitative estimate of drug-likeness (QED) is 0.649. The highest BCUT2D eigenvalue weighted by molar-refractivity contribution is 7.99. The lowest BCUT2D eigenvalue weighted by Crippen LogP contribution is -2.36. The Hall–Kier alpha value is 0.220. The lowest BCUT2D eigenvalue weighted by atomic mass is 10.3. The van der Waals surface area contributed by atoms with E-state index in [4.69, 9.17) is 5.11 Å². The molecule has 4 nitrogen and oxygen atoms in total. The molecular weight excluding hydrogens is 222 g/mol. The zero-order chi connectivity index (χ0) is 10.4. The van der Waals surface area contributed by atoms with Crippen molar-refractivity contribution in [2.24, 2.45) is 0 Å². The fourth-order valence-electron chi connectivity index (χ4n) is 1.34. The van der Waals surface area contributed by atoms with Crippen molar-refractivity contribution in [2.75, 3.05) is 23.9 Å². The Labute approximate surface area is 89.5 Å². The molecule has 0 radical (unpaired) electrons. The molecule has 0 spiro atoms. The molecule has 84 valence electrons. The van der Waals surface area contributed by atoms with Gasteiger partial charge in [-0.3, -0.25) is 0 Å². The van der Waals surface area contributed by atoms with Gasteiger partial charge in [-0.05, 0) is 25.0 Å². The second-order valence-electron chi connectivity index (χ2n) is 3.43. The van der Waals surface area contributed by atoms with Crippen LogP contribution in [-0.2, 0) is 10.0 Å². The highest BCUT2D eigenvalue weighted by Gasteiger charge is 2.20. The predicted molar refractivity (Wildman–Crippen MR) is 59.0 cm³/mol. The summed E-state index contributed by atoms with van der Waals surface area (Å²) in [6, 6.07) is 0.124. The number of unbranched alkanes of at least 4 members (excludes halogenated alkanes) is 1. The molecule has 0 aromatic rings. The molecule has 1 rings (SSSR count). The van der Waals surface area contributed by atoms with Gasteiger partial charge < -0.3 is 5.11 Å². The molecular formula is C8H17NO3S2. The van der Waals surface area contributed by atoms with Crippen LogP contribution in [0, 0.1) is 0 Å². The standard InChI is InChI=1S/C8H17NO3S2/c10-4-1-2-6-14(11,12)9-8-3-5-13-7-8/h8-10H,1-7H2. The minimum atomic E-state index is -3.11. The van der Waals surface area contributed by atoms with Crippen molar-refractivity contribution in [3.63, 3.8) is 0 Å². The van der Waals surface area contributed by atoms with Crippen LogP contribution in [0.1, 0.15) is 19.3 Å². The van der Waals surface area contributed by atoms with Gasteiger partial charge >= 0.3 is 0 Å². The number of thioether (sulfide) groups is 1. The van der Waals surface area contributed by atoms with Crippen LogP contribution in [0.3, 0.4) is 0 Å². The molecule has 0 aromatic carbocycles. The molecule has 1 heterocycles. The monoisotopic (exact) mass is 239 g/mol. The fourth-order valence-corrected chi connectivity index (χ4v) is 4.01. The topological polar surface area (TPSA) is 66.4 Å². The summed E-state index contributed by atoms with van der Waals surface area (Å²) in [4.78, 5) is 0. The number of sulfonamides is 1. The molecule has 1 saturated heterocycles. The first-order valence-electron chi connectivity index (χ1n) is 4.82. The average molecular weight is 239 g/mol. The maximum absolute atomic E-state index is 11.5. The number of rotatable bonds is 6. The summed E-state index contributed by atoms with van der Waals surface area (Å²) in [7, 11) is -3.11. The van der Waals surface area contributed by atoms with Gasteiger partial charge in [-0.25, -0.2) is 13.1 Å². The lowest BCUT2D eigenvalue weighted by Gasteiger charge is -2.11. The Morgan fingerprint density at radius 1 is 1.43 bits per heavy atom. The molecule has 2 N–H and O–H groups in total. The van der Waals surface area contributed by atoms with Crippen LogP contribution in [0.5, 0.6) is 0 Å². The van der Waals surface area contributed by atoms with Crippen LogP contribution in [0.4, 0.5) is 0 Å². The molecule has 0 aliphatic carbocycles. The Balaban J connectivity index is 2.26. The van der Waals surface area contributed by atoms with E-state index in [9.17, 15) is 8.42 Å². The molecule has 1 fully saturated rings. The van der Waals surface area contributed by atoms with E-state index in [-0.39, 0.29) is 18.4 Å². The van der Waals surface area contributed by atoms with Gasteiger partial charge in [0.05, 0.1) is 5.75 Å². The van der Waals surface area contributed by atoms with E-state index in [1.807, 2.05) is 0 Å². The summed E-state index contributed by atoms with van der Waals surface area (Å²) >= 11 is 1.78. The van der Waals surface area contributed by atoms with Gasteiger partial charge in [-0.15, -0.1) is 0 Å².